The van der Waals surface area contributed by atoms with Gasteiger partial charge in [0, 0.05) is 19.3 Å². The van der Waals surface area contributed by atoms with Gasteiger partial charge in [-0.15, -0.1) is 0 Å². The van der Waals surface area contributed by atoms with Crippen molar-refractivity contribution < 1.29 is 4.48 Å². The molecule has 0 atom stereocenters. The first-order chi connectivity index (χ1) is 7.12. The molecule has 0 saturated carbocycles. The topological polar surface area (TPSA) is 0 Å². The van der Waals surface area contributed by atoms with Crippen LogP contribution in [0.3, 0.4) is 0 Å². The summed E-state index contributed by atoms with van der Waals surface area (Å²) in [4.78, 5) is 0. The molecule has 2 bridgehead atoms. The van der Waals surface area contributed by atoms with Crippen LogP contribution in [0.1, 0.15) is 60.8 Å². The van der Waals surface area contributed by atoms with Gasteiger partial charge in [0.15, 0.2) is 0 Å². The number of quaternary nitrogens is 1. The van der Waals surface area contributed by atoms with Crippen LogP contribution in [0, 0.1) is 10.8 Å². The summed E-state index contributed by atoms with van der Waals surface area (Å²) in [7, 11) is 0. The molecule has 3 aliphatic heterocycles. The van der Waals surface area contributed by atoms with Gasteiger partial charge in [-0.25, -0.2) is 0 Å². The molecule has 0 spiro atoms. The number of rotatable bonds is 0. The zero-order chi connectivity index (χ0) is 12.2. The van der Waals surface area contributed by atoms with Crippen molar-refractivity contribution in [2.24, 2.45) is 10.8 Å². The van der Waals surface area contributed by atoms with E-state index in [1.54, 1.807) is 0 Å². The maximum atomic E-state index is 2.45. The molecule has 0 aromatic heterocycles. The van der Waals surface area contributed by atoms with E-state index >= 15 is 0 Å². The minimum absolute atomic E-state index is 0.449. The molecular formula is C15H30N+. The highest BCUT2D eigenvalue weighted by molar-refractivity contribution is 4.96. The second kappa shape index (κ2) is 3.25. The maximum Gasteiger partial charge on any atom is 0.0907 e. The molecule has 3 fully saturated rings. The average Bonchev–Trinajstić information content (AvgIpc) is 2.17. The van der Waals surface area contributed by atoms with Gasteiger partial charge in [-0.05, 0) is 31.6 Å². The molecule has 0 unspecified atom stereocenters. The highest BCUT2D eigenvalue weighted by Crippen LogP contribution is 2.56. The third-order valence-corrected chi connectivity index (χ3v) is 6.07. The molecule has 0 N–H and O–H groups in total. The normalized spacial score (nSPS) is 40.1. The first kappa shape index (κ1) is 12.4. The molecule has 3 saturated heterocycles. The Morgan fingerprint density at radius 1 is 0.750 bits per heavy atom. The van der Waals surface area contributed by atoms with Crippen LogP contribution in [-0.2, 0) is 0 Å². The summed E-state index contributed by atoms with van der Waals surface area (Å²) in [6, 6.07) is 0. The second-order valence-corrected chi connectivity index (χ2v) is 8.27. The highest BCUT2D eigenvalue weighted by atomic mass is 15.4. The monoisotopic (exact) mass is 224 g/mol. The summed E-state index contributed by atoms with van der Waals surface area (Å²) in [6.45, 7) is 18.9. The lowest BCUT2D eigenvalue weighted by molar-refractivity contribution is -0.986. The number of hydrogen-bond acceptors (Lipinski definition) is 0. The van der Waals surface area contributed by atoms with Gasteiger partial charge >= 0.3 is 0 Å². The van der Waals surface area contributed by atoms with Gasteiger partial charge in [0.2, 0.25) is 0 Å². The molecule has 3 heterocycles. The number of nitrogens with zero attached hydrogens (tertiary/aromatic N) is 1. The Bertz CT molecular complexity index is 222. The molecule has 0 amide bonds. The molecule has 3 aliphatic rings. The fourth-order valence-corrected chi connectivity index (χ4v) is 4.13. The number of fused-ring (bicyclic) bond motifs is 3. The van der Waals surface area contributed by atoms with Crippen molar-refractivity contribution in [3.63, 3.8) is 0 Å². The van der Waals surface area contributed by atoms with Crippen LogP contribution in [0.2, 0.25) is 0 Å². The van der Waals surface area contributed by atoms with Gasteiger partial charge in [-0.1, -0.05) is 20.8 Å². The van der Waals surface area contributed by atoms with Crippen LogP contribution in [0.15, 0.2) is 0 Å². The fourth-order valence-electron chi connectivity index (χ4n) is 4.13. The summed E-state index contributed by atoms with van der Waals surface area (Å²) in [6.07, 6.45) is 4.36. The van der Waals surface area contributed by atoms with Crippen molar-refractivity contribution in [1.29, 1.82) is 0 Å². The average molecular weight is 224 g/mol. The van der Waals surface area contributed by atoms with Crippen molar-refractivity contribution in [2.75, 3.05) is 19.6 Å². The third-order valence-electron chi connectivity index (χ3n) is 6.07. The van der Waals surface area contributed by atoms with E-state index in [4.69, 9.17) is 0 Å². The smallest absolute Gasteiger partial charge is 0.0907 e. The van der Waals surface area contributed by atoms with E-state index in [9.17, 15) is 0 Å². The molecule has 1 nitrogen and oxygen atoms in total. The van der Waals surface area contributed by atoms with Crippen LogP contribution < -0.4 is 0 Å². The van der Waals surface area contributed by atoms with Crippen LogP contribution in [0.5, 0.6) is 0 Å². The Morgan fingerprint density at radius 3 is 1.38 bits per heavy atom. The van der Waals surface area contributed by atoms with Crippen molar-refractivity contribution in [1.82, 2.24) is 0 Å². The number of piperidine rings is 3. The van der Waals surface area contributed by atoms with Crippen molar-refractivity contribution >= 4 is 0 Å². The molecule has 94 valence electrons. The predicted octanol–water partition coefficient (Wildman–Crippen LogP) is 3.83. The van der Waals surface area contributed by atoms with Gasteiger partial charge in [-0.3, -0.25) is 0 Å². The summed E-state index contributed by atoms with van der Waals surface area (Å²) in [5.41, 5.74) is 1.60. The van der Waals surface area contributed by atoms with Crippen LogP contribution in [0.25, 0.3) is 0 Å². The first-order valence-electron chi connectivity index (χ1n) is 6.98. The molecule has 0 aromatic carbocycles. The molecular weight excluding hydrogens is 194 g/mol. The molecule has 0 aliphatic carbocycles. The second-order valence-electron chi connectivity index (χ2n) is 8.27. The third kappa shape index (κ3) is 1.54. The lowest BCUT2D eigenvalue weighted by Gasteiger charge is -2.63. The Kier molecular flexibility index (Phi) is 2.52. The molecule has 16 heavy (non-hydrogen) atoms. The van der Waals surface area contributed by atoms with Crippen molar-refractivity contribution in [3.05, 3.63) is 0 Å². The number of hydrogen-bond donors (Lipinski definition) is 0. The maximum absolute atomic E-state index is 2.45. The summed E-state index contributed by atoms with van der Waals surface area (Å²) in [5.74, 6) is 0. The van der Waals surface area contributed by atoms with E-state index in [1.807, 2.05) is 0 Å². The highest BCUT2D eigenvalue weighted by Gasteiger charge is 2.57. The van der Waals surface area contributed by atoms with Crippen LogP contribution >= 0.6 is 0 Å². The summed E-state index contributed by atoms with van der Waals surface area (Å²) in [5, 5.41) is 0. The van der Waals surface area contributed by atoms with Gasteiger partial charge in [-0.2, -0.15) is 0 Å². The molecule has 1 heteroatoms. The Morgan fingerprint density at radius 2 is 1.12 bits per heavy atom. The van der Waals surface area contributed by atoms with Crippen molar-refractivity contribution in [2.45, 2.75) is 66.3 Å². The van der Waals surface area contributed by atoms with E-state index in [0.717, 1.165) is 0 Å². The fraction of sp³-hybridized carbons (Fsp3) is 1.00. The van der Waals surface area contributed by atoms with Gasteiger partial charge in [0.25, 0.3) is 0 Å². The zero-order valence-corrected chi connectivity index (χ0v) is 12.2. The van der Waals surface area contributed by atoms with Crippen LogP contribution in [0.4, 0.5) is 0 Å². The predicted molar refractivity (Wildman–Crippen MR) is 70.4 cm³/mol. The Labute approximate surface area is 102 Å². The minimum Gasteiger partial charge on any atom is -0.319 e. The molecule has 3 rings (SSSR count). The SMILES string of the molecule is CC(C)(C)C12CC[N+](C(C)(C)C)(CC1)CC2. The van der Waals surface area contributed by atoms with Gasteiger partial charge in [0.05, 0.1) is 25.2 Å². The van der Waals surface area contributed by atoms with Gasteiger partial charge < -0.3 is 4.48 Å². The zero-order valence-electron chi connectivity index (χ0n) is 12.2. The van der Waals surface area contributed by atoms with E-state index in [0.29, 0.717) is 16.4 Å². The Balaban J connectivity index is 2.22. The Hall–Kier alpha value is -0.0400. The van der Waals surface area contributed by atoms with E-state index in [-0.39, 0.29) is 0 Å². The van der Waals surface area contributed by atoms with Crippen LogP contribution in [-0.4, -0.2) is 29.7 Å². The minimum atomic E-state index is 0.449. The quantitative estimate of drug-likeness (QED) is 0.549. The lowest BCUT2D eigenvalue weighted by Crippen LogP contribution is -2.70. The standard InChI is InChI=1S/C15H30N/c1-13(2,3)15-7-10-16(11-8-15,12-9-15)14(4,5)6/h7-12H2,1-6H3/q+1. The van der Waals surface area contributed by atoms with Crippen molar-refractivity contribution in [3.8, 4) is 0 Å². The molecule has 0 aromatic rings. The molecule has 0 radical (unpaired) electrons. The summed E-state index contributed by atoms with van der Waals surface area (Å²) < 4.78 is 1.38. The largest absolute Gasteiger partial charge is 0.319 e. The van der Waals surface area contributed by atoms with E-state index < -0.39 is 0 Å². The van der Waals surface area contributed by atoms with E-state index in [1.165, 1.54) is 43.4 Å². The lowest BCUT2D eigenvalue weighted by atomic mass is 9.56. The van der Waals surface area contributed by atoms with Gasteiger partial charge in [0.1, 0.15) is 0 Å². The summed E-state index contributed by atoms with van der Waals surface area (Å²) >= 11 is 0. The first-order valence-corrected chi connectivity index (χ1v) is 6.98. The van der Waals surface area contributed by atoms with E-state index in [2.05, 4.69) is 41.5 Å².